The molecule has 1 N–H and O–H groups in total. The van der Waals surface area contributed by atoms with E-state index < -0.39 is 29.7 Å². The number of ether oxygens (including phenoxy) is 1. The molecule has 1 amide bonds. The molecule has 7 nitrogen and oxygen atoms in total. The summed E-state index contributed by atoms with van der Waals surface area (Å²) in [5.41, 5.74) is 0.712. The molecule has 4 aromatic rings. The molecule has 184 valence electrons. The molecule has 0 aliphatic rings. The summed E-state index contributed by atoms with van der Waals surface area (Å²) in [7, 11) is 0. The minimum Gasteiger partial charge on any atom is -0.454 e. The molecule has 0 fully saturated rings. The fourth-order valence-corrected chi connectivity index (χ4v) is 3.35. The summed E-state index contributed by atoms with van der Waals surface area (Å²) in [6.07, 6.45) is -4.26. The molecule has 0 radical (unpaired) electrons. The zero-order valence-corrected chi connectivity index (χ0v) is 18.7. The van der Waals surface area contributed by atoms with E-state index in [9.17, 15) is 22.8 Å². The molecule has 0 aliphatic heterocycles. The summed E-state index contributed by atoms with van der Waals surface area (Å²) in [6, 6.07) is 20.8. The third-order valence-corrected chi connectivity index (χ3v) is 5.18. The van der Waals surface area contributed by atoms with Gasteiger partial charge in [-0.2, -0.15) is 18.2 Å². The van der Waals surface area contributed by atoms with Crippen molar-refractivity contribution < 1.29 is 32.0 Å². The Morgan fingerprint density at radius 1 is 0.917 bits per heavy atom. The van der Waals surface area contributed by atoms with Crippen molar-refractivity contribution in [1.82, 2.24) is 15.5 Å². The first-order valence-corrected chi connectivity index (χ1v) is 10.9. The molecule has 0 bridgehead atoms. The van der Waals surface area contributed by atoms with Gasteiger partial charge in [-0.1, -0.05) is 65.8 Å². The van der Waals surface area contributed by atoms with Crippen molar-refractivity contribution in [2.75, 3.05) is 0 Å². The number of benzene rings is 3. The van der Waals surface area contributed by atoms with Gasteiger partial charge in [-0.05, 0) is 29.8 Å². The molecule has 10 heteroatoms. The second-order valence-corrected chi connectivity index (χ2v) is 7.78. The minimum atomic E-state index is -4.46. The number of carbonyl (C=O) groups excluding carboxylic acids is 2. The van der Waals surface area contributed by atoms with Gasteiger partial charge in [-0.25, -0.2) is 4.79 Å². The van der Waals surface area contributed by atoms with Crippen LogP contribution in [0, 0.1) is 0 Å². The third kappa shape index (κ3) is 6.35. The first-order valence-electron chi connectivity index (χ1n) is 10.9. The lowest BCUT2D eigenvalue weighted by molar-refractivity contribution is -0.148. The van der Waals surface area contributed by atoms with E-state index in [0.717, 1.165) is 17.7 Å². The van der Waals surface area contributed by atoms with E-state index in [1.807, 2.05) is 30.3 Å². The Morgan fingerprint density at radius 2 is 1.56 bits per heavy atom. The number of nitrogens with one attached hydrogen (secondary N) is 1. The normalized spacial score (nSPS) is 12.1. The van der Waals surface area contributed by atoms with Crippen LogP contribution in [0.5, 0.6) is 0 Å². The number of amides is 1. The zero-order valence-electron chi connectivity index (χ0n) is 18.7. The summed E-state index contributed by atoms with van der Waals surface area (Å²) in [5, 5.41) is 6.42. The summed E-state index contributed by atoms with van der Waals surface area (Å²) < 4.78 is 48.6. The van der Waals surface area contributed by atoms with Crippen molar-refractivity contribution in [3.63, 3.8) is 0 Å². The van der Waals surface area contributed by atoms with Crippen LogP contribution in [0.1, 0.15) is 27.4 Å². The van der Waals surface area contributed by atoms with E-state index in [2.05, 4.69) is 15.5 Å². The Balaban J connectivity index is 1.42. The molecule has 0 spiro atoms. The molecule has 3 aromatic carbocycles. The molecule has 1 aromatic heterocycles. The van der Waals surface area contributed by atoms with Crippen molar-refractivity contribution in [2.24, 2.45) is 0 Å². The topological polar surface area (TPSA) is 94.3 Å². The molecule has 0 aliphatic carbocycles. The van der Waals surface area contributed by atoms with Crippen molar-refractivity contribution in [3.8, 4) is 11.4 Å². The first-order chi connectivity index (χ1) is 17.3. The first kappa shape index (κ1) is 24.6. The maximum absolute atomic E-state index is 12.9. The van der Waals surface area contributed by atoms with Gasteiger partial charge in [0, 0.05) is 17.5 Å². The van der Waals surface area contributed by atoms with Gasteiger partial charge < -0.3 is 14.6 Å². The number of hydrogen-bond donors (Lipinski definition) is 1. The molecule has 1 unspecified atom stereocenters. The van der Waals surface area contributed by atoms with Crippen LogP contribution in [0.3, 0.4) is 0 Å². The quantitative estimate of drug-likeness (QED) is 0.352. The van der Waals surface area contributed by atoms with E-state index in [-0.39, 0.29) is 24.7 Å². The predicted octanol–water partition coefficient (Wildman–Crippen LogP) is 4.84. The molecule has 0 saturated carbocycles. The number of aromatic nitrogens is 2. The van der Waals surface area contributed by atoms with E-state index in [1.54, 1.807) is 30.3 Å². The van der Waals surface area contributed by atoms with Crippen molar-refractivity contribution in [3.05, 3.63) is 108 Å². The summed E-state index contributed by atoms with van der Waals surface area (Å²) in [4.78, 5) is 29.6. The Kier molecular flexibility index (Phi) is 7.43. The van der Waals surface area contributed by atoms with Crippen LogP contribution in [0.4, 0.5) is 13.2 Å². The highest BCUT2D eigenvalue weighted by Gasteiger charge is 2.30. The highest BCUT2D eigenvalue weighted by atomic mass is 19.4. The maximum atomic E-state index is 12.9. The number of alkyl halides is 3. The molecule has 1 atom stereocenters. The highest BCUT2D eigenvalue weighted by Crippen LogP contribution is 2.30. The fourth-order valence-electron chi connectivity index (χ4n) is 3.35. The highest BCUT2D eigenvalue weighted by molar-refractivity contribution is 5.96. The minimum absolute atomic E-state index is 0.0491. The molecular weight excluding hydrogens is 475 g/mol. The van der Waals surface area contributed by atoms with Gasteiger partial charge in [-0.3, -0.25) is 4.79 Å². The van der Waals surface area contributed by atoms with E-state index in [0.29, 0.717) is 11.1 Å². The largest absolute Gasteiger partial charge is 0.454 e. The number of esters is 1. The number of halogens is 3. The Morgan fingerprint density at radius 3 is 2.19 bits per heavy atom. The van der Waals surface area contributed by atoms with E-state index >= 15 is 0 Å². The van der Waals surface area contributed by atoms with E-state index in [1.165, 1.54) is 12.1 Å². The van der Waals surface area contributed by atoms with Crippen molar-refractivity contribution in [2.45, 2.75) is 25.2 Å². The van der Waals surface area contributed by atoms with Crippen LogP contribution in [0.2, 0.25) is 0 Å². The monoisotopic (exact) mass is 495 g/mol. The zero-order chi connectivity index (χ0) is 25.5. The second-order valence-electron chi connectivity index (χ2n) is 7.78. The van der Waals surface area contributed by atoms with Crippen molar-refractivity contribution in [1.29, 1.82) is 0 Å². The van der Waals surface area contributed by atoms with Gasteiger partial charge >= 0.3 is 12.1 Å². The van der Waals surface area contributed by atoms with Gasteiger partial charge in [-0.15, -0.1) is 0 Å². The van der Waals surface area contributed by atoms with Gasteiger partial charge in [0.15, 0.2) is 6.61 Å². The van der Waals surface area contributed by atoms with Crippen LogP contribution in [-0.2, 0) is 28.7 Å². The average Bonchev–Trinajstić information content (AvgIpc) is 3.37. The van der Waals surface area contributed by atoms with Crippen molar-refractivity contribution >= 4 is 11.9 Å². The number of carbonyl (C=O) groups is 2. The molecular formula is C26H20F3N3O4. The van der Waals surface area contributed by atoms with Gasteiger partial charge in [0.25, 0.3) is 11.8 Å². The lowest BCUT2D eigenvalue weighted by Crippen LogP contribution is -2.43. The van der Waals surface area contributed by atoms with E-state index in [4.69, 9.17) is 9.26 Å². The standard InChI is InChI=1S/C26H20F3N3O4/c27-26(28,29)20-13-11-18(12-14-20)23-31-22(36-32-23)16-35-25(34)21(15-17-7-3-1-4-8-17)30-24(33)19-9-5-2-6-10-19/h1-14,21H,15-16H2,(H,30,33). The van der Waals surface area contributed by atoms with Gasteiger partial charge in [0.2, 0.25) is 5.82 Å². The summed E-state index contributed by atoms with van der Waals surface area (Å²) >= 11 is 0. The van der Waals surface area contributed by atoms with Crippen LogP contribution in [0.15, 0.2) is 89.5 Å². The van der Waals surface area contributed by atoms with Crippen LogP contribution in [0.25, 0.3) is 11.4 Å². The lowest BCUT2D eigenvalue weighted by Gasteiger charge is -2.17. The second kappa shape index (κ2) is 10.9. The Bertz CT molecular complexity index is 1310. The summed E-state index contributed by atoms with van der Waals surface area (Å²) in [5.74, 6) is -1.15. The third-order valence-electron chi connectivity index (χ3n) is 5.18. The smallest absolute Gasteiger partial charge is 0.416 e. The van der Waals surface area contributed by atoms with Crippen LogP contribution < -0.4 is 5.32 Å². The predicted molar refractivity (Wildman–Crippen MR) is 122 cm³/mol. The van der Waals surface area contributed by atoms with Gasteiger partial charge in [0.05, 0.1) is 5.56 Å². The fraction of sp³-hybridized carbons (Fsp3) is 0.154. The molecule has 4 rings (SSSR count). The molecule has 1 heterocycles. The molecule has 36 heavy (non-hydrogen) atoms. The number of hydrogen-bond acceptors (Lipinski definition) is 6. The van der Waals surface area contributed by atoms with Crippen LogP contribution in [-0.4, -0.2) is 28.1 Å². The lowest BCUT2D eigenvalue weighted by atomic mass is 10.1. The summed E-state index contributed by atoms with van der Waals surface area (Å²) in [6.45, 7) is -0.376. The Hall–Kier alpha value is -4.47. The Labute approximate surface area is 203 Å². The van der Waals surface area contributed by atoms with Crippen LogP contribution >= 0.6 is 0 Å². The molecule has 0 saturated heterocycles. The number of rotatable bonds is 8. The van der Waals surface area contributed by atoms with Gasteiger partial charge in [0.1, 0.15) is 6.04 Å². The average molecular weight is 495 g/mol. The maximum Gasteiger partial charge on any atom is 0.416 e. The number of nitrogens with zero attached hydrogens (tertiary/aromatic N) is 2. The SMILES string of the molecule is O=C(NC(Cc1ccccc1)C(=O)OCc1nc(-c2ccc(C(F)(F)F)cc2)no1)c1ccccc1.